The zero-order valence-electron chi connectivity index (χ0n) is 11.9. The van der Waals surface area contributed by atoms with E-state index in [2.05, 4.69) is 0 Å². The number of benzene rings is 1. The van der Waals surface area contributed by atoms with E-state index in [-0.39, 0.29) is 22.5 Å². The van der Waals surface area contributed by atoms with E-state index in [0.717, 1.165) is 0 Å². The maximum Gasteiger partial charge on any atom is 0.243 e. The lowest BCUT2D eigenvalue weighted by atomic mass is 10.2. The van der Waals surface area contributed by atoms with Crippen molar-refractivity contribution in [3.05, 3.63) is 29.8 Å². The summed E-state index contributed by atoms with van der Waals surface area (Å²) in [6, 6.07) is 6.46. The summed E-state index contributed by atoms with van der Waals surface area (Å²) in [5.74, 6) is 0. The molecule has 1 rings (SSSR count). The van der Waals surface area contributed by atoms with Crippen molar-refractivity contribution >= 4 is 27.2 Å². The Kier molecular flexibility index (Phi) is 6.07. The van der Waals surface area contributed by atoms with Gasteiger partial charge in [-0.05, 0) is 19.9 Å². The molecule has 1 aromatic rings. The summed E-state index contributed by atoms with van der Waals surface area (Å²) < 4.78 is 31.6. The molecule has 112 valence electrons. The summed E-state index contributed by atoms with van der Waals surface area (Å²) in [4.78, 5) is 0.190. The van der Waals surface area contributed by atoms with Gasteiger partial charge in [0.2, 0.25) is 10.0 Å². The molecule has 0 spiro atoms. The first kappa shape index (κ1) is 17.0. The van der Waals surface area contributed by atoms with Crippen LogP contribution in [-0.2, 0) is 14.8 Å². The Morgan fingerprint density at radius 3 is 2.55 bits per heavy atom. The van der Waals surface area contributed by atoms with Crippen LogP contribution in [0.1, 0.15) is 19.4 Å². The molecule has 2 N–H and O–H groups in total. The molecule has 5 nitrogen and oxygen atoms in total. The molecule has 0 radical (unpaired) electrons. The third-order valence-corrected chi connectivity index (χ3v) is 4.83. The first-order valence-corrected chi connectivity index (χ1v) is 8.08. The van der Waals surface area contributed by atoms with Gasteiger partial charge in [-0.1, -0.05) is 30.4 Å². The van der Waals surface area contributed by atoms with Crippen molar-refractivity contribution in [2.45, 2.75) is 24.8 Å². The number of ether oxygens (including phenoxy) is 1. The molecule has 0 aliphatic heterocycles. The van der Waals surface area contributed by atoms with Crippen molar-refractivity contribution < 1.29 is 13.2 Å². The topological polar surface area (TPSA) is 72.6 Å². The molecule has 0 atom stereocenters. The zero-order chi connectivity index (χ0) is 15.3. The fourth-order valence-electron chi connectivity index (χ4n) is 1.60. The Morgan fingerprint density at radius 2 is 2.00 bits per heavy atom. The smallest absolute Gasteiger partial charge is 0.243 e. The van der Waals surface area contributed by atoms with Crippen molar-refractivity contribution in [2.75, 3.05) is 20.2 Å². The summed E-state index contributed by atoms with van der Waals surface area (Å²) >= 11 is 4.90. The van der Waals surface area contributed by atoms with Crippen LogP contribution in [0.4, 0.5) is 0 Å². The van der Waals surface area contributed by atoms with E-state index < -0.39 is 10.0 Å². The Balaban J connectivity index is 2.96. The van der Waals surface area contributed by atoms with Gasteiger partial charge in [0.15, 0.2) is 0 Å². The summed E-state index contributed by atoms with van der Waals surface area (Å²) in [7, 11) is -2.12. The van der Waals surface area contributed by atoms with Crippen molar-refractivity contribution in [1.82, 2.24) is 4.31 Å². The van der Waals surface area contributed by atoms with Crippen LogP contribution < -0.4 is 5.73 Å². The summed E-state index contributed by atoms with van der Waals surface area (Å²) in [5, 5.41) is 0. The van der Waals surface area contributed by atoms with Crippen LogP contribution in [0.3, 0.4) is 0 Å². The van der Waals surface area contributed by atoms with E-state index in [9.17, 15) is 8.42 Å². The number of thiocarbonyl (C=S) groups is 1. The molecule has 0 saturated heterocycles. The monoisotopic (exact) mass is 316 g/mol. The van der Waals surface area contributed by atoms with Crippen LogP contribution >= 0.6 is 12.2 Å². The van der Waals surface area contributed by atoms with Crippen molar-refractivity contribution in [3.63, 3.8) is 0 Å². The van der Waals surface area contributed by atoms with Crippen molar-refractivity contribution in [1.29, 1.82) is 0 Å². The highest BCUT2D eigenvalue weighted by molar-refractivity contribution is 7.89. The normalized spacial score (nSPS) is 12.1. The molecule has 0 aliphatic rings. The predicted molar refractivity (Wildman–Crippen MR) is 83.2 cm³/mol. The molecule has 0 fully saturated rings. The third-order valence-electron chi connectivity index (χ3n) is 2.70. The van der Waals surface area contributed by atoms with Gasteiger partial charge in [-0.15, -0.1) is 0 Å². The number of nitrogens with zero attached hydrogens (tertiary/aromatic N) is 1. The Hall–Kier alpha value is -1.02. The molecule has 1 aromatic carbocycles. The number of rotatable bonds is 7. The lowest BCUT2D eigenvalue weighted by Crippen LogP contribution is -2.32. The fourth-order valence-corrected chi connectivity index (χ4v) is 3.20. The molecule has 0 unspecified atom stereocenters. The first-order valence-electron chi connectivity index (χ1n) is 6.23. The predicted octanol–water partition coefficient (Wildman–Crippen LogP) is 1.37. The van der Waals surface area contributed by atoms with Gasteiger partial charge in [0.25, 0.3) is 0 Å². The highest BCUT2D eigenvalue weighted by Crippen LogP contribution is 2.19. The van der Waals surface area contributed by atoms with E-state index >= 15 is 0 Å². The maximum atomic E-state index is 12.5. The second-order valence-corrected chi connectivity index (χ2v) is 7.06. The number of hydrogen-bond acceptors (Lipinski definition) is 4. The minimum Gasteiger partial charge on any atom is -0.389 e. The lowest BCUT2D eigenvalue weighted by Gasteiger charge is -2.19. The van der Waals surface area contributed by atoms with Crippen LogP contribution in [0.15, 0.2) is 29.2 Å². The molecule has 0 aromatic heterocycles. The van der Waals surface area contributed by atoms with Crippen molar-refractivity contribution in [2.24, 2.45) is 5.73 Å². The second kappa shape index (κ2) is 7.12. The van der Waals surface area contributed by atoms with Gasteiger partial charge >= 0.3 is 0 Å². The Labute approximate surface area is 125 Å². The molecular weight excluding hydrogens is 296 g/mol. The standard InChI is InChI=1S/C13H20N2O3S2/c1-10(2)18-9-8-15(3)20(16,17)12-7-5-4-6-11(12)13(14)19/h4-7,10H,8-9H2,1-3H3,(H2,14,19). The minimum absolute atomic E-state index is 0.0648. The minimum atomic E-state index is -3.63. The summed E-state index contributed by atoms with van der Waals surface area (Å²) in [6.45, 7) is 4.40. The van der Waals surface area contributed by atoms with Crippen molar-refractivity contribution in [3.8, 4) is 0 Å². The van der Waals surface area contributed by atoms with Crippen LogP contribution in [0.25, 0.3) is 0 Å². The highest BCUT2D eigenvalue weighted by atomic mass is 32.2. The largest absolute Gasteiger partial charge is 0.389 e. The fraction of sp³-hybridized carbons (Fsp3) is 0.462. The average molecular weight is 316 g/mol. The van der Waals surface area contributed by atoms with Gasteiger partial charge in [-0.3, -0.25) is 0 Å². The van der Waals surface area contributed by atoms with Gasteiger partial charge in [0.1, 0.15) is 4.99 Å². The van der Waals surface area contributed by atoms with Gasteiger partial charge < -0.3 is 10.5 Å². The molecule has 0 aliphatic carbocycles. The maximum absolute atomic E-state index is 12.5. The lowest BCUT2D eigenvalue weighted by molar-refractivity contribution is 0.0737. The zero-order valence-corrected chi connectivity index (χ0v) is 13.5. The van der Waals surface area contributed by atoms with Crippen LogP contribution in [0, 0.1) is 0 Å². The molecule has 0 heterocycles. The van der Waals surface area contributed by atoms with Gasteiger partial charge in [-0.2, -0.15) is 4.31 Å². The second-order valence-electron chi connectivity index (χ2n) is 4.61. The van der Waals surface area contributed by atoms with E-state index in [1.165, 1.54) is 17.4 Å². The first-order chi connectivity index (χ1) is 9.26. The van der Waals surface area contributed by atoms with Gasteiger partial charge in [0.05, 0.1) is 17.6 Å². The molecule has 0 bridgehead atoms. The number of likely N-dealkylation sites (N-methyl/N-ethyl adjacent to an activating group) is 1. The summed E-state index contributed by atoms with van der Waals surface area (Å²) in [5.41, 5.74) is 5.94. The molecule has 0 amide bonds. The van der Waals surface area contributed by atoms with E-state index in [4.69, 9.17) is 22.7 Å². The van der Waals surface area contributed by atoms with Crippen LogP contribution in [0.5, 0.6) is 0 Å². The number of sulfonamides is 1. The van der Waals surface area contributed by atoms with E-state index in [1.807, 2.05) is 13.8 Å². The van der Waals surface area contributed by atoms with Crippen LogP contribution in [0.2, 0.25) is 0 Å². The Morgan fingerprint density at radius 1 is 1.40 bits per heavy atom. The van der Waals surface area contributed by atoms with Crippen LogP contribution in [-0.4, -0.2) is 44.0 Å². The number of hydrogen-bond donors (Lipinski definition) is 1. The van der Waals surface area contributed by atoms with Gasteiger partial charge in [-0.25, -0.2) is 8.42 Å². The quantitative estimate of drug-likeness (QED) is 0.769. The summed E-state index contributed by atoms with van der Waals surface area (Å²) in [6.07, 6.45) is 0.0648. The number of nitrogens with two attached hydrogens (primary N) is 1. The van der Waals surface area contributed by atoms with E-state index in [0.29, 0.717) is 12.2 Å². The molecular formula is C13H20N2O3S2. The SMILES string of the molecule is CC(C)OCCN(C)S(=O)(=O)c1ccccc1C(N)=S. The van der Waals surface area contributed by atoms with Gasteiger partial charge in [0, 0.05) is 19.2 Å². The molecule has 20 heavy (non-hydrogen) atoms. The Bertz CT molecular complexity index is 571. The molecule has 0 saturated carbocycles. The van der Waals surface area contributed by atoms with E-state index in [1.54, 1.807) is 18.2 Å². The average Bonchev–Trinajstić information content (AvgIpc) is 2.38. The third kappa shape index (κ3) is 4.24. The molecule has 7 heteroatoms. The highest BCUT2D eigenvalue weighted by Gasteiger charge is 2.24.